The van der Waals surface area contributed by atoms with E-state index in [4.69, 9.17) is 10.00 Å². The molecule has 3 nitrogen and oxygen atoms in total. The van der Waals surface area contributed by atoms with E-state index in [2.05, 4.69) is 26.1 Å². The highest BCUT2D eigenvalue weighted by atomic mass is 19.1. The number of nitrogens with zero attached hydrogens (tertiary/aromatic N) is 1. The third-order valence-corrected chi connectivity index (χ3v) is 2.59. The van der Waals surface area contributed by atoms with Crippen LogP contribution in [-0.2, 0) is 0 Å². The summed E-state index contributed by atoms with van der Waals surface area (Å²) in [6.45, 7) is 9.59. The van der Waals surface area contributed by atoms with Crippen molar-refractivity contribution in [3.05, 3.63) is 29.6 Å². The number of halogens is 1. The normalized spacial score (nSPS) is 12.8. The summed E-state index contributed by atoms with van der Waals surface area (Å²) in [5, 5.41) is 12.3. The Morgan fingerprint density at radius 3 is 2.68 bits per heavy atom. The van der Waals surface area contributed by atoms with Crippen molar-refractivity contribution < 1.29 is 9.13 Å². The highest BCUT2D eigenvalue weighted by molar-refractivity contribution is 5.43. The minimum atomic E-state index is -0.541. The van der Waals surface area contributed by atoms with Crippen molar-refractivity contribution in [3.63, 3.8) is 0 Å². The molecule has 1 unspecified atom stereocenters. The van der Waals surface area contributed by atoms with Crippen LogP contribution in [0.3, 0.4) is 0 Å². The van der Waals surface area contributed by atoms with E-state index in [-0.39, 0.29) is 17.0 Å². The zero-order valence-corrected chi connectivity index (χ0v) is 12.0. The van der Waals surface area contributed by atoms with Crippen LogP contribution in [0.5, 0.6) is 5.75 Å². The van der Waals surface area contributed by atoms with E-state index in [0.29, 0.717) is 12.4 Å². The summed E-state index contributed by atoms with van der Waals surface area (Å²) in [7, 11) is 0. The van der Waals surface area contributed by atoms with E-state index in [0.717, 1.165) is 6.54 Å². The Labute approximate surface area is 114 Å². The number of nitriles is 1. The molecule has 0 heterocycles. The van der Waals surface area contributed by atoms with Crippen molar-refractivity contribution in [1.82, 2.24) is 5.32 Å². The molecule has 0 fully saturated rings. The van der Waals surface area contributed by atoms with E-state index >= 15 is 0 Å². The van der Waals surface area contributed by atoms with E-state index < -0.39 is 5.82 Å². The second-order valence-corrected chi connectivity index (χ2v) is 5.77. The van der Waals surface area contributed by atoms with E-state index in [9.17, 15) is 4.39 Å². The molecule has 0 aliphatic carbocycles. The van der Waals surface area contributed by atoms with Crippen LogP contribution in [0.1, 0.15) is 33.3 Å². The zero-order valence-electron chi connectivity index (χ0n) is 12.0. The van der Waals surface area contributed by atoms with Crippen molar-refractivity contribution in [2.75, 3.05) is 13.2 Å². The van der Waals surface area contributed by atoms with Crippen LogP contribution in [0, 0.1) is 23.1 Å². The topological polar surface area (TPSA) is 45.0 Å². The summed E-state index contributed by atoms with van der Waals surface area (Å²) in [5.74, 6) is 0.0413. The van der Waals surface area contributed by atoms with Crippen LogP contribution in [0.25, 0.3) is 0 Å². The lowest BCUT2D eigenvalue weighted by molar-refractivity contribution is 0.243. The molecule has 0 radical (unpaired) electrons. The van der Waals surface area contributed by atoms with Gasteiger partial charge in [-0.25, -0.2) is 4.39 Å². The van der Waals surface area contributed by atoms with Crippen LogP contribution in [0.15, 0.2) is 18.2 Å². The Morgan fingerprint density at radius 1 is 1.42 bits per heavy atom. The summed E-state index contributed by atoms with van der Waals surface area (Å²) in [4.78, 5) is 0. The van der Waals surface area contributed by atoms with Gasteiger partial charge in [-0.1, -0.05) is 13.0 Å². The molecule has 0 amide bonds. The van der Waals surface area contributed by atoms with Gasteiger partial charge in [0.05, 0.1) is 6.61 Å². The maximum atomic E-state index is 13.4. The molecule has 1 aromatic rings. The number of hydrogen-bond donors (Lipinski definition) is 1. The van der Waals surface area contributed by atoms with Crippen molar-refractivity contribution >= 4 is 0 Å². The van der Waals surface area contributed by atoms with Crippen molar-refractivity contribution in [3.8, 4) is 11.8 Å². The second kappa shape index (κ2) is 6.53. The van der Waals surface area contributed by atoms with Gasteiger partial charge in [-0.3, -0.25) is 0 Å². The highest BCUT2D eigenvalue weighted by Crippen LogP contribution is 2.20. The van der Waals surface area contributed by atoms with Crippen molar-refractivity contribution in [2.45, 2.75) is 33.2 Å². The van der Waals surface area contributed by atoms with Gasteiger partial charge in [-0.2, -0.15) is 5.26 Å². The maximum absolute atomic E-state index is 13.4. The lowest BCUT2D eigenvalue weighted by Crippen LogP contribution is -2.39. The molecular formula is C15H21FN2O. The Bertz CT molecular complexity index is 460. The second-order valence-electron chi connectivity index (χ2n) is 5.77. The molecule has 4 heteroatoms. The van der Waals surface area contributed by atoms with Gasteiger partial charge in [0.25, 0.3) is 0 Å². The fourth-order valence-electron chi connectivity index (χ4n) is 1.50. The molecule has 0 aliphatic heterocycles. The molecule has 0 bridgehead atoms. The summed E-state index contributed by atoms with van der Waals surface area (Å²) in [6, 6.07) is 6.25. The third-order valence-electron chi connectivity index (χ3n) is 2.59. The van der Waals surface area contributed by atoms with Crippen LogP contribution in [0.4, 0.5) is 4.39 Å². The standard InChI is InChI=1S/C15H21FN2O/c1-11(9-18-15(2,3)4)10-19-14-7-5-6-13(16)12(14)8-17/h5-7,11,18H,9-10H2,1-4H3. The van der Waals surface area contributed by atoms with Gasteiger partial charge in [-0.05, 0) is 32.9 Å². The average Bonchev–Trinajstić information content (AvgIpc) is 2.33. The largest absolute Gasteiger partial charge is 0.492 e. The van der Waals surface area contributed by atoms with Gasteiger partial charge in [0.15, 0.2) is 0 Å². The lowest BCUT2D eigenvalue weighted by atomic mass is 10.1. The van der Waals surface area contributed by atoms with E-state index in [1.54, 1.807) is 12.1 Å². The van der Waals surface area contributed by atoms with Crippen molar-refractivity contribution in [1.29, 1.82) is 5.26 Å². The van der Waals surface area contributed by atoms with E-state index in [1.807, 2.05) is 13.0 Å². The number of nitrogens with one attached hydrogen (secondary N) is 1. The Kier molecular flexibility index (Phi) is 5.31. The lowest BCUT2D eigenvalue weighted by Gasteiger charge is -2.23. The first kappa shape index (κ1) is 15.5. The monoisotopic (exact) mass is 264 g/mol. The molecule has 1 rings (SSSR count). The predicted octanol–water partition coefficient (Wildman–Crippen LogP) is 3.10. The van der Waals surface area contributed by atoms with Crippen LogP contribution >= 0.6 is 0 Å². The smallest absolute Gasteiger partial charge is 0.144 e. The summed E-state index contributed by atoms with van der Waals surface area (Å²) < 4.78 is 18.9. The Morgan fingerprint density at radius 2 is 2.11 bits per heavy atom. The molecule has 19 heavy (non-hydrogen) atoms. The first-order valence-electron chi connectivity index (χ1n) is 6.40. The van der Waals surface area contributed by atoms with Crippen LogP contribution in [0.2, 0.25) is 0 Å². The highest BCUT2D eigenvalue weighted by Gasteiger charge is 2.13. The number of ether oxygens (including phenoxy) is 1. The van der Waals surface area contributed by atoms with Gasteiger partial charge in [0.2, 0.25) is 0 Å². The summed E-state index contributed by atoms with van der Waals surface area (Å²) in [5.41, 5.74) is 0.0313. The minimum absolute atomic E-state index is 0.0292. The Hall–Kier alpha value is -1.60. The van der Waals surface area contributed by atoms with Crippen LogP contribution < -0.4 is 10.1 Å². The summed E-state index contributed by atoms with van der Waals surface area (Å²) in [6.07, 6.45) is 0. The molecule has 0 saturated carbocycles. The maximum Gasteiger partial charge on any atom is 0.144 e. The molecule has 1 N–H and O–H groups in total. The molecule has 0 spiro atoms. The molecule has 0 aromatic heterocycles. The van der Waals surface area contributed by atoms with Gasteiger partial charge in [0, 0.05) is 18.0 Å². The number of hydrogen-bond acceptors (Lipinski definition) is 3. The molecule has 104 valence electrons. The fraction of sp³-hybridized carbons (Fsp3) is 0.533. The Balaban J connectivity index is 2.54. The van der Waals surface area contributed by atoms with Gasteiger partial charge in [-0.15, -0.1) is 0 Å². The summed E-state index contributed by atoms with van der Waals surface area (Å²) >= 11 is 0. The SMILES string of the molecule is CC(CNC(C)(C)C)COc1cccc(F)c1C#N. The molecule has 1 aromatic carbocycles. The van der Waals surface area contributed by atoms with E-state index in [1.165, 1.54) is 6.07 Å². The quantitative estimate of drug-likeness (QED) is 0.888. The number of benzene rings is 1. The zero-order chi connectivity index (χ0) is 14.5. The van der Waals surface area contributed by atoms with Gasteiger partial charge in [0.1, 0.15) is 23.2 Å². The average molecular weight is 264 g/mol. The predicted molar refractivity (Wildman–Crippen MR) is 73.5 cm³/mol. The molecular weight excluding hydrogens is 243 g/mol. The first-order chi connectivity index (χ1) is 8.83. The molecule has 1 atom stereocenters. The van der Waals surface area contributed by atoms with Gasteiger partial charge < -0.3 is 10.1 Å². The van der Waals surface area contributed by atoms with Gasteiger partial charge >= 0.3 is 0 Å². The first-order valence-corrected chi connectivity index (χ1v) is 6.40. The van der Waals surface area contributed by atoms with Crippen molar-refractivity contribution in [2.24, 2.45) is 5.92 Å². The molecule has 0 aliphatic rings. The fourth-order valence-corrected chi connectivity index (χ4v) is 1.50. The number of rotatable bonds is 5. The minimum Gasteiger partial charge on any atom is -0.492 e. The third kappa shape index (κ3) is 5.27. The molecule has 0 saturated heterocycles. The van der Waals surface area contributed by atoms with Crippen LogP contribution in [-0.4, -0.2) is 18.7 Å².